The van der Waals surface area contributed by atoms with Gasteiger partial charge in [-0.25, -0.2) is 0 Å². The van der Waals surface area contributed by atoms with Crippen molar-refractivity contribution in [2.24, 2.45) is 5.92 Å². The molecule has 2 N–H and O–H groups in total. The minimum absolute atomic E-state index is 0.0817. The van der Waals surface area contributed by atoms with Gasteiger partial charge in [-0.1, -0.05) is 30.7 Å². The summed E-state index contributed by atoms with van der Waals surface area (Å²) in [5.41, 5.74) is 9.96. The molecule has 0 spiro atoms. The molecule has 3 rings (SSSR count). The van der Waals surface area contributed by atoms with E-state index in [1.165, 1.54) is 10.4 Å². The number of ketones is 1. The molecule has 1 atom stereocenters. The molecule has 0 amide bonds. The van der Waals surface area contributed by atoms with E-state index in [9.17, 15) is 4.79 Å². The van der Waals surface area contributed by atoms with E-state index < -0.39 is 0 Å². The van der Waals surface area contributed by atoms with Gasteiger partial charge in [0.1, 0.15) is 0 Å². The van der Waals surface area contributed by atoms with Crippen LogP contribution in [0.4, 0.5) is 5.00 Å². The van der Waals surface area contributed by atoms with Gasteiger partial charge in [0.2, 0.25) is 0 Å². The Bertz CT molecular complexity index is 672. The van der Waals surface area contributed by atoms with Gasteiger partial charge in [-0.05, 0) is 43.7 Å². The standard InChI is InChI=1S/C17H19NOS/c1-10-4-3-5-12(8-10)16(19)15-13-7-6-11(2)9-14(13)20-17(15)18/h3-5,8,11H,6-7,9,18H2,1-2H3. The fourth-order valence-electron chi connectivity index (χ4n) is 2.95. The van der Waals surface area contributed by atoms with Crippen molar-refractivity contribution >= 4 is 22.1 Å². The minimum atomic E-state index is 0.0817. The van der Waals surface area contributed by atoms with E-state index in [0.29, 0.717) is 10.9 Å². The van der Waals surface area contributed by atoms with Crippen molar-refractivity contribution in [3.63, 3.8) is 0 Å². The van der Waals surface area contributed by atoms with Gasteiger partial charge >= 0.3 is 0 Å². The van der Waals surface area contributed by atoms with Gasteiger partial charge in [-0.3, -0.25) is 4.79 Å². The van der Waals surface area contributed by atoms with Crippen molar-refractivity contribution in [2.75, 3.05) is 5.73 Å². The summed E-state index contributed by atoms with van der Waals surface area (Å²) in [5, 5.41) is 0.690. The largest absolute Gasteiger partial charge is 0.390 e. The zero-order valence-electron chi connectivity index (χ0n) is 11.9. The number of carbonyl (C=O) groups excluding carboxylic acids is 1. The van der Waals surface area contributed by atoms with Crippen molar-refractivity contribution in [1.29, 1.82) is 0 Å². The lowest BCUT2D eigenvalue weighted by atomic mass is 9.86. The fraction of sp³-hybridized carbons (Fsp3) is 0.353. The Morgan fingerprint density at radius 2 is 2.20 bits per heavy atom. The van der Waals surface area contributed by atoms with Crippen LogP contribution in [0.3, 0.4) is 0 Å². The van der Waals surface area contributed by atoms with Gasteiger partial charge in [-0.2, -0.15) is 0 Å². The molecule has 0 radical (unpaired) electrons. The van der Waals surface area contributed by atoms with Gasteiger partial charge < -0.3 is 5.73 Å². The van der Waals surface area contributed by atoms with E-state index in [4.69, 9.17) is 5.73 Å². The van der Waals surface area contributed by atoms with E-state index in [2.05, 4.69) is 6.92 Å². The lowest BCUT2D eigenvalue weighted by Crippen LogP contribution is -2.13. The summed E-state index contributed by atoms with van der Waals surface area (Å²) in [4.78, 5) is 14.1. The van der Waals surface area contributed by atoms with Crippen molar-refractivity contribution in [3.8, 4) is 0 Å². The third-order valence-electron chi connectivity index (χ3n) is 4.05. The van der Waals surface area contributed by atoms with Crippen molar-refractivity contribution in [1.82, 2.24) is 0 Å². The summed E-state index contributed by atoms with van der Waals surface area (Å²) in [6, 6.07) is 7.76. The SMILES string of the molecule is Cc1cccc(C(=O)c2c(N)sc3c2CCC(C)C3)c1. The van der Waals surface area contributed by atoms with Crippen molar-refractivity contribution in [2.45, 2.75) is 33.1 Å². The van der Waals surface area contributed by atoms with E-state index in [0.717, 1.165) is 36.0 Å². The summed E-state index contributed by atoms with van der Waals surface area (Å²) in [5.74, 6) is 0.778. The van der Waals surface area contributed by atoms with Crippen LogP contribution in [0, 0.1) is 12.8 Å². The summed E-state index contributed by atoms with van der Waals surface area (Å²) >= 11 is 1.60. The maximum absolute atomic E-state index is 12.8. The summed E-state index contributed by atoms with van der Waals surface area (Å²) < 4.78 is 0. The number of benzene rings is 1. The van der Waals surface area contributed by atoms with Crippen LogP contribution in [-0.4, -0.2) is 5.78 Å². The molecule has 2 aromatic rings. The number of hydrogen-bond donors (Lipinski definition) is 1. The Balaban J connectivity index is 2.05. The molecular formula is C17H19NOS. The highest BCUT2D eigenvalue weighted by Crippen LogP contribution is 2.39. The Kier molecular flexibility index (Phi) is 3.38. The topological polar surface area (TPSA) is 43.1 Å². The molecule has 1 aromatic heterocycles. The lowest BCUT2D eigenvalue weighted by Gasteiger charge is -2.18. The van der Waals surface area contributed by atoms with Crippen LogP contribution >= 0.6 is 11.3 Å². The van der Waals surface area contributed by atoms with E-state index in [-0.39, 0.29) is 5.78 Å². The molecule has 1 aliphatic carbocycles. The van der Waals surface area contributed by atoms with Crippen LogP contribution in [0.15, 0.2) is 24.3 Å². The Morgan fingerprint density at radius 3 is 2.95 bits per heavy atom. The number of aryl methyl sites for hydroxylation is 1. The summed E-state index contributed by atoms with van der Waals surface area (Å²) in [6.45, 7) is 4.27. The Morgan fingerprint density at radius 1 is 1.40 bits per heavy atom. The van der Waals surface area contributed by atoms with Gasteiger partial charge in [0.25, 0.3) is 0 Å². The van der Waals surface area contributed by atoms with E-state index >= 15 is 0 Å². The van der Waals surface area contributed by atoms with Crippen LogP contribution in [0.5, 0.6) is 0 Å². The second-order valence-electron chi connectivity index (χ2n) is 5.79. The molecule has 2 nitrogen and oxygen atoms in total. The van der Waals surface area contributed by atoms with Crippen molar-refractivity contribution in [3.05, 3.63) is 51.4 Å². The number of carbonyl (C=O) groups is 1. The molecule has 0 fully saturated rings. The zero-order valence-corrected chi connectivity index (χ0v) is 12.7. The van der Waals surface area contributed by atoms with Crippen molar-refractivity contribution < 1.29 is 4.79 Å². The predicted molar refractivity (Wildman–Crippen MR) is 84.5 cm³/mol. The molecule has 104 valence electrons. The molecule has 0 bridgehead atoms. The van der Waals surface area contributed by atoms with Gasteiger partial charge in [0.05, 0.1) is 10.6 Å². The van der Waals surface area contributed by atoms with Gasteiger partial charge in [0, 0.05) is 10.4 Å². The maximum Gasteiger partial charge on any atom is 0.196 e. The van der Waals surface area contributed by atoms with E-state index in [1.54, 1.807) is 11.3 Å². The molecule has 0 saturated heterocycles. The number of thiophene rings is 1. The highest BCUT2D eigenvalue weighted by atomic mass is 32.1. The first-order valence-corrected chi connectivity index (χ1v) is 7.89. The molecule has 1 heterocycles. The number of nitrogen functional groups attached to an aromatic ring is 1. The van der Waals surface area contributed by atoms with E-state index in [1.807, 2.05) is 31.2 Å². The molecule has 20 heavy (non-hydrogen) atoms. The first kappa shape index (κ1) is 13.4. The highest BCUT2D eigenvalue weighted by Gasteiger charge is 2.26. The first-order valence-electron chi connectivity index (χ1n) is 7.07. The molecule has 0 saturated carbocycles. The van der Waals surface area contributed by atoms with Crippen LogP contribution in [-0.2, 0) is 12.8 Å². The molecule has 1 aliphatic rings. The number of hydrogen-bond acceptors (Lipinski definition) is 3. The summed E-state index contributed by atoms with van der Waals surface area (Å²) in [6.07, 6.45) is 3.19. The molecule has 0 aliphatic heterocycles. The maximum atomic E-state index is 12.8. The Hall–Kier alpha value is -1.61. The average Bonchev–Trinajstić information content (AvgIpc) is 2.73. The second-order valence-corrected chi connectivity index (χ2v) is 6.93. The van der Waals surface area contributed by atoms with Crippen LogP contribution in [0.1, 0.15) is 45.3 Å². The van der Waals surface area contributed by atoms with Gasteiger partial charge in [0.15, 0.2) is 5.78 Å². The lowest BCUT2D eigenvalue weighted by molar-refractivity contribution is 0.103. The number of rotatable bonds is 2. The molecular weight excluding hydrogens is 266 g/mol. The molecule has 1 unspecified atom stereocenters. The number of nitrogens with two attached hydrogens (primary N) is 1. The number of anilines is 1. The second kappa shape index (κ2) is 5.06. The van der Waals surface area contributed by atoms with Gasteiger partial charge in [-0.15, -0.1) is 11.3 Å². The smallest absolute Gasteiger partial charge is 0.196 e. The zero-order chi connectivity index (χ0) is 14.3. The number of fused-ring (bicyclic) bond motifs is 1. The molecule has 1 aromatic carbocycles. The third-order valence-corrected chi connectivity index (χ3v) is 5.13. The predicted octanol–water partition coefficient (Wildman–Crippen LogP) is 3.99. The van der Waals surface area contributed by atoms with Crippen LogP contribution in [0.2, 0.25) is 0 Å². The average molecular weight is 285 g/mol. The molecule has 3 heteroatoms. The monoisotopic (exact) mass is 285 g/mol. The van der Waals surface area contributed by atoms with Crippen LogP contribution < -0.4 is 5.73 Å². The normalized spacial score (nSPS) is 17.8. The van der Waals surface area contributed by atoms with Crippen LogP contribution in [0.25, 0.3) is 0 Å². The third kappa shape index (κ3) is 2.27. The fourth-order valence-corrected chi connectivity index (χ4v) is 4.23. The summed E-state index contributed by atoms with van der Waals surface area (Å²) in [7, 11) is 0. The highest BCUT2D eigenvalue weighted by molar-refractivity contribution is 7.16. The quantitative estimate of drug-likeness (QED) is 0.848. The minimum Gasteiger partial charge on any atom is -0.390 e. The first-order chi connectivity index (χ1) is 9.56. The Labute approximate surface area is 123 Å².